The molecule has 0 aliphatic carbocycles. The van der Waals surface area contributed by atoms with Crippen LogP contribution in [0.5, 0.6) is 11.6 Å². The Kier molecular flexibility index (Phi) is 7.53. The van der Waals surface area contributed by atoms with Gasteiger partial charge in [-0.1, -0.05) is 36.4 Å². The minimum absolute atomic E-state index is 0.255. The van der Waals surface area contributed by atoms with Gasteiger partial charge in [-0.25, -0.2) is 4.98 Å². The lowest BCUT2D eigenvalue weighted by molar-refractivity contribution is -0.111. The van der Waals surface area contributed by atoms with Gasteiger partial charge in [0.05, 0.1) is 17.6 Å². The Hall–Kier alpha value is -3.62. The van der Waals surface area contributed by atoms with Crippen molar-refractivity contribution < 1.29 is 9.53 Å². The number of halogens is 1. The average molecular weight is 493 g/mol. The van der Waals surface area contributed by atoms with Crippen LogP contribution in [0.2, 0.25) is 5.02 Å². The van der Waals surface area contributed by atoms with Crippen LogP contribution >= 0.6 is 11.6 Å². The third kappa shape index (κ3) is 5.90. The van der Waals surface area contributed by atoms with Gasteiger partial charge < -0.3 is 25.2 Å². The summed E-state index contributed by atoms with van der Waals surface area (Å²) in [4.78, 5) is 25.5. The third-order valence-corrected chi connectivity index (χ3v) is 6.15. The van der Waals surface area contributed by atoms with E-state index in [9.17, 15) is 4.79 Å². The Bertz CT molecular complexity index is 1240. The Morgan fingerprint density at radius 2 is 1.86 bits per heavy atom. The van der Waals surface area contributed by atoms with E-state index in [1.165, 1.54) is 12.3 Å². The number of hydrogen-bond acceptors (Lipinski definition) is 7. The summed E-state index contributed by atoms with van der Waals surface area (Å²) in [6.07, 6.45) is 2.76. The van der Waals surface area contributed by atoms with Gasteiger partial charge in [0, 0.05) is 31.9 Å². The van der Waals surface area contributed by atoms with Gasteiger partial charge in [0.25, 0.3) is 0 Å². The van der Waals surface area contributed by atoms with Crippen molar-refractivity contribution in [3.63, 3.8) is 0 Å². The smallest absolute Gasteiger partial charge is 0.247 e. The van der Waals surface area contributed by atoms with Gasteiger partial charge in [-0.15, -0.1) is 0 Å². The fraction of sp³-hybridized carbons (Fsp3) is 0.269. The van der Waals surface area contributed by atoms with E-state index in [-0.39, 0.29) is 11.8 Å². The summed E-state index contributed by atoms with van der Waals surface area (Å²) >= 11 is 6.30. The zero-order chi connectivity index (χ0) is 24.9. The van der Waals surface area contributed by atoms with Crippen molar-refractivity contribution in [1.82, 2.24) is 14.9 Å². The first-order valence-corrected chi connectivity index (χ1v) is 11.8. The number of anilines is 4. The minimum Gasteiger partial charge on any atom is -0.437 e. The summed E-state index contributed by atoms with van der Waals surface area (Å²) in [5.41, 5.74) is 4.37. The summed E-state index contributed by atoms with van der Waals surface area (Å²) < 4.78 is 5.94. The molecule has 1 aliphatic heterocycles. The number of benzene rings is 2. The van der Waals surface area contributed by atoms with Crippen LogP contribution in [-0.2, 0) is 4.79 Å². The first-order valence-electron chi connectivity index (χ1n) is 11.4. The fourth-order valence-electron chi connectivity index (χ4n) is 3.80. The molecule has 1 saturated heterocycles. The van der Waals surface area contributed by atoms with Gasteiger partial charge in [-0.3, -0.25) is 4.79 Å². The second-order valence-electron chi connectivity index (χ2n) is 8.51. The zero-order valence-corrected chi connectivity index (χ0v) is 20.9. The largest absolute Gasteiger partial charge is 0.437 e. The summed E-state index contributed by atoms with van der Waals surface area (Å²) in [6, 6.07) is 11.6. The van der Waals surface area contributed by atoms with Gasteiger partial charge in [-0.05, 0) is 56.3 Å². The fourth-order valence-corrected chi connectivity index (χ4v) is 3.93. The number of para-hydroxylation sites is 1. The second-order valence-corrected chi connectivity index (χ2v) is 8.91. The number of carbonyl (C=O) groups is 1. The molecule has 4 rings (SSSR count). The van der Waals surface area contributed by atoms with Crippen molar-refractivity contribution in [3.8, 4) is 11.6 Å². The highest BCUT2D eigenvalue weighted by Gasteiger charge is 2.20. The highest BCUT2D eigenvalue weighted by atomic mass is 35.5. The molecule has 3 aromatic rings. The van der Waals surface area contributed by atoms with Crippen molar-refractivity contribution in [2.75, 3.05) is 48.8 Å². The van der Waals surface area contributed by atoms with Gasteiger partial charge in [0.15, 0.2) is 0 Å². The lowest BCUT2D eigenvalue weighted by Crippen LogP contribution is -2.44. The maximum atomic E-state index is 12.2. The molecule has 0 radical (unpaired) electrons. The summed E-state index contributed by atoms with van der Waals surface area (Å²) in [7, 11) is 2.11. The van der Waals surface area contributed by atoms with E-state index in [2.05, 4.69) is 50.1 Å². The predicted molar refractivity (Wildman–Crippen MR) is 141 cm³/mol. The van der Waals surface area contributed by atoms with Crippen molar-refractivity contribution in [3.05, 3.63) is 71.4 Å². The highest BCUT2D eigenvalue weighted by Crippen LogP contribution is 2.35. The molecule has 2 N–H and O–H groups in total. The molecule has 1 aromatic heterocycles. The Morgan fingerprint density at radius 1 is 1.11 bits per heavy atom. The maximum Gasteiger partial charge on any atom is 0.247 e. The Labute approximate surface area is 210 Å². The van der Waals surface area contributed by atoms with Crippen LogP contribution in [0.15, 0.2) is 55.3 Å². The van der Waals surface area contributed by atoms with Crippen molar-refractivity contribution in [2.45, 2.75) is 13.8 Å². The molecule has 182 valence electrons. The van der Waals surface area contributed by atoms with Crippen molar-refractivity contribution in [1.29, 1.82) is 0 Å². The standard InChI is InChI=1S/C26H29ClN6O2/c1-5-24(34)29-21-15-20(18(3)14-22(21)33-12-10-32(4)11-13-33)30-26-28-16-19(27)25(31-26)35-23-9-7-6-8-17(23)2/h5-9,14-16H,1,10-13H2,2-4H3,(H,29,34)(H,28,30,31). The zero-order valence-electron chi connectivity index (χ0n) is 20.1. The lowest BCUT2D eigenvalue weighted by Gasteiger charge is -2.35. The lowest BCUT2D eigenvalue weighted by atomic mass is 10.1. The molecule has 0 bridgehead atoms. The molecule has 2 heterocycles. The molecule has 1 aliphatic rings. The first kappa shape index (κ1) is 24.5. The SMILES string of the molecule is C=CC(=O)Nc1cc(Nc2ncc(Cl)c(Oc3ccccc3C)n2)c(C)cc1N1CCN(C)CC1. The first-order chi connectivity index (χ1) is 16.8. The number of aryl methyl sites for hydroxylation is 2. The predicted octanol–water partition coefficient (Wildman–Crippen LogP) is 5.16. The Balaban J connectivity index is 1.63. The number of nitrogens with one attached hydrogen (secondary N) is 2. The number of carbonyl (C=O) groups excluding carboxylic acids is 1. The number of amides is 1. The number of hydrogen-bond donors (Lipinski definition) is 2. The van der Waals surface area contributed by atoms with E-state index in [1.54, 1.807) is 0 Å². The van der Waals surface area contributed by atoms with Gasteiger partial charge in [-0.2, -0.15) is 4.98 Å². The monoisotopic (exact) mass is 492 g/mol. The van der Waals surface area contributed by atoms with Crippen LogP contribution < -0.4 is 20.3 Å². The maximum absolute atomic E-state index is 12.2. The molecular weight excluding hydrogens is 464 g/mol. The minimum atomic E-state index is -0.271. The van der Waals surface area contributed by atoms with Crippen LogP contribution in [0.3, 0.4) is 0 Å². The van der Waals surface area contributed by atoms with Gasteiger partial charge >= 0.3 is 0 Å². The molecule has 0 unspecified atom stereocenters. The second kappa shape index (κ2) is 10.8. The molecule has 35 heavy (non-hydrogen) atoms. The number of ether oxygens (including phenoxy) is 1. The molecule has 1 fully saturated rings. The van der Waals surface area contributed by atoms with Gasteiger partial charge in [0.1, 0.15) is 10.8 Å². The topological polar surface area (TPSA) is 82.6 Å². The van der Waals surface area contributed by atoms with Crippen LogP contribution in [0.1, 0.15) is 11.1 Å². The number of nitrogens with zero attached hydrogens (tertiary/aromatic N) is 4. The van der Waals surface area contributed by atoms with Crippen molar-refractivity contribution >= 4 is 40.5 Å². The average Bonchev–Trinajstić information content (AvgIpc) is 2.85. The van der Waals surface area contributed by atoms with Crippen molar-refractivity contribution in [2.24, 2.45) is 0 Å². The van der Waals surface area contributed by atoms with Crippen LogP contribution in [0.25, 0.3) is 0 Å². The molecule has 0 atom stereocenters. The number of rotatable bonds is 7. The van der Waals surface area contributed by atoms with E-state index < -0.39 is 0 Å². The van der Waals surface area contributed by atoms with Gasteiger partial charge in [0.2, 0.25) is 17.7 Å². The van der Waals surface area contributed by atoms with Crippen LogP contribution in [0, 0.1) is 13.8 Å². The third-order valence-electron chi connectivity index (χ3n) is 5.89. The van der Waals surface area contributed by atoms with E-state index in [0.29, 0.717) is 22.4 Å². The number of piperazine rings is 1. The van der Waals surface area contributed by atoms with Crippen LogP contribution in [0.4, 0.5) is 23.0 Å². The van der Waals surface area contributed by atoms with E-state index in [1.807, 2.05) is 44.2 Å². The molecule has 1 amide bonds. The quantitative estimate of drug-likeness (QED) is 0.441. The molecule has 2 aromatic carbocycles. The molecule has 0 spiro atoms. The van der Waals surface area contributed by atoms with E-state index in [0.717, 1.165) is 48.7 Å². The molecule has 9 heteroatoms. The summed E-state index contributed by atoms with van der Waals surface area (Å²) in [6.45, 7) is 11.2. The van der Waals surface area contributed by atoms with E-state index >= 15 is 0 Å². The number of aromatic nitrogens is 2. The summed E-state index contributed by atoms with van der Waals surface area (Å²) in [5.74, 6) is 0.979. The Morgan fingerprint density at radius 3 is 2.57 bits per heavy atom. The molecule has 0 saturated carbocycles. The highest BCUT2D eigenvalue weighted by molar-refractivity contribution is 6.31. The molecule has 8 nitrogen and oxygen atoms in total. The van der Waals surface area contributed by atoms with E-state index in [4.69, 9.17) is 16.3 Å². The number of likely N-dealkylation sites (N-methyl/N-ethyl adjacent to an activating group) is 1. The summed E-state index contributed by atoms with van der Waals surface area (Å²) in [5, 5.41) is 6.49. The normalized spacial score (nSPS) is 13.9. The molecular formula is C26H29ClN6O2. The van der Waals surface area contributed by atoms with Crippen LogP contribution in [-0.4, -0.2) is 54.0 Å².